The van der Waals surface area contributed by atoms with Crippen molar-refractivity contribution in [3.63, 3.8) is 0 Å². The predicted molar refractivity (Wildman–Crippen MR) is 80.0 cm³/mol. The van der Waals surface area contributed by atoms with Gasteiger partial charge in [0.05, 0.1) is 28.7 Å². The number of aromatic nitrogens is 4. The fourth-order valence-electron chi connectivity index (χ4n) is 2.85. The lowest BCUT2D eigenvalue weighted by Gasteiger charge is -2.11. The molecule has 3 aromatic heterocycles. The minimum Gasteiger partial charge on any atom is -0.299 e. The van der Waals surface area contributed by atoms with Gasteiger partial charge in [-0.05, 0) is 31.2 Å². The lowest BCUT2D eigenvalue weighted by molar-refractivity contribution is -0.137. The first-order valence-corrected chi connectivity index (χ1v) is 6.93. The SMILES string of the molecule is Cc1nc2ccccn2c1-c1cc(C(F)(F)F)cc2[nH]ncc12. The number of alkyl halides is 3. The highest BCUT2D eigenvalue weighted by atomic mass is 19.4. The second-order valence-corrected chi connectivity index (χ2v) is 5.33. The van der Waals surface area contributed by atoms with Gasteiger partial charge in [-0.2, -0.15) is 18.3 Å². The number of nitrogens with zero attached hydrogens (tertiary/aromatic N) is 3. The number of imidazole rings is 1. The number of H-pyrrole nitrogens is 1. The Balaban J connectivity index is 2.11. The van der Waals surface area contributed by atoms with Gasteiger partial charge in [0.25, 0.3) is 0 Å². The fraction of sp³-hybridized carbons (Fsp3) is 0.125. The van der Waals surface area contributed by atoms with Crippen molar-refractivity contribution in [2.75, 3.05) is 0 Å². The van der Waals surface area contributed by atoms with E-state index in [0.717, 1.165) is 12.1 Å². The van der Waals surface area contributed by atoms with Crippen molar-refractivity contribution in [1.82, 2.24) is 19.6 Å². The highest BCUT2D eigenvalue weighted by Gasteiger charge is 2.32. The molecular formula is C16H11F3N4. The van der Waals surface area contributed by atoms with E-state index >= 15 is 0 Å². The van der Waals surface area contributed by atoms with Crippen molar-refractivity contribution < 1.29 is 13.2 Å². The van der Waals surface area contributed by atoms with Gasteiger partial charge in [0.1, 0.15) is 5.65 Å². The summed E-state index contributed by atoms with van der Waals surface area (Å²) in [6.07, 6.45) is -1.11. The molecule has 0 spiro atoms. The standard InChI is InChI=1S/C16H11F3N4/c1-9-15(23-5-3-2-4-14(23)21-9)11-6-10(16(17,18)19)7-13-12(11)8-20-22-13/h2-8H,1H3,(H,20,22). The van der Waals surface area contributed by atoms with E-state index in [1.165, 1.54) is 6.20 Å². The molecule has 1 N–H and O–H groups in total. The summed E-state index contributed by atoms with van der Waals surface area (Å²) in [5.74, 6) is 0. The van der Waals surface area contributed by atoms with E-state index in [2.05, 4.69) is 15.2 Å². The quantitative estimate of drug-likeness (QED) is 0.572. The molecule has 0 radical (unpaired) electrons. The second-order valence-electron chi connectivity index (χ2n) is 5.33. The minimum absolute atomic E-state index is 0.347. The third-order valence-electron chi connectivity index (χ3n) is 3.85. The van der Waals surface area contributed by atoms with Crippen LogP contribution in [0.15, 0.2) is 42.7 Å². The maximum atomic E-state index is 13.2. The van der Waals surface area contributed by atoms with E-state index in [9.17, 15) is 13.2 Å². The van der Waals surface area contributed by atoms with E-state index in [1.807, 2.05) is 18.2 Å². The summed E-state index contributed by atoms with van der Waals surface area (Å²) >= 11 is 0. The molecule has 4 rings (SSSR count). The van der Waals surface area contributed by atoms with Crippen molar-refractivity contribution in [3.8, 4) is 11.3 Å². The third kappa shape index (κ3) is 2.08. The number of fused-ring (bicyclic) bond motifs is 2. The maximum absolute atomic E-state index is 13.2. The first kappa shape index (κ1) is 13.8. The summed E-state index contributed by atoms with van der Waals surface area (Å²) in [6, 6.07) is 7.70. The molecule has 0 saturated heterocycles. The Kier molecular flexibility index (Phi) is 2.75. The van der Waals surface area contributed by atoms with Gasteiger partial charge in [0, 0.05) is 17.1 Å². The molecule has 4 nitrogen and oxygen atoms in total. The highest BCUT2D eigenvalue weighted by Crippen LogP contribution is 2.37. The van der Waals surface area contributed by atoms with Crippen molar-refractivity contribution in [1.29, 1.82) is 0 Å². The molecule has 0 atom stereocenters. The first-order chi connectivity index (χ1) is 10.9. The van der Waals surface area contributed by atoms with Crippen LogP contribution >= 0.6 is 0 Å². The third-order valence-corrected chi connectivity index (χ3v) is 3.85. The average Bonchev–Trinajstić information content (AvgIpc) is 3.08. The molecular weight excluding hydrogens is 305 g/mol. The average molecular weight is 316 g/mol. The summed E-state index contributed by atoms with van der Waals surface area (Å²) < 4.78 is 41.4. The molecule has 4 aromatic rings. The molecule has 0 bridgehead atoms. The lowest BCUT2D eigenvalue weighted by atomic mass is 10.0. The number of benzene rings is 1. The Bertz CT molecular complexity index is 1030. The molecule has 23 heavy (non-hydrogen) atoms. The Morgan fingerprint density at radius 3 is 2.78 bits per heavy atom. The topological polar surface area (TPSA) is 46.0 Å². The van der Waals surface area contributed by atoms with Gasteiger partial charge in [-0.3, -0.25) is 9.50 Å². The van der Waals surface area contributed by atoms with E-state index < -0.39 is 11.7 Å². The number of nitrogens with one attached hydrogen (secondary N) is 1. The van der Waals surface area contributed by atoms with Crippen LogP contribution in [0.5, 0.6) is 0 Å². The molecule has 0 aliphatic carbocycles. The van der Waals surface area contributed by atoms with Crippen LogP contribution in [0.1, 0.15) is 11.3 Å². The zero-order valence-electron chi connectivity index (χ0n) is 12.0. The van der Waals surface area contributed by atoms with E-state index in [0.29, 0.717) is 33.5 Å². The van der Waals surface area contributed by atoms with Gasteiger partial charge in [-0.1, -0.05) is 6.07 Å². The molecule has 0 fully saturated rings. The monoisotopic (exact) mass is 316 g/mol. The molecule has 116 valence electrons. The zero-order valence-corrected chi connectivity index (χ0v) is 12.0. The number of rotatable bonds is 1. The number of hydrogen-bond donors (Lipinski definition) is 1. The Morgan fingerprint density at radius 1 is 1.17 bits per heavy atom. The van der Waals surface area contributed by atoms with Crippen molar-refractivity contribution in [2.45, 2.75) is 13.1 Å². The fourth-order valence-corrected chi connectivity index (χ4v) is 2.85. The van der Waals surface area contributed by atoms with E-state index in [1.54, 1.807) is 17.5 Å². The summed E-state index contributed by atoms with van der Waals surface area (Å²) in [5.41, 5.74) is 2.08. The predicted octanol–water partition coefficient (Wildman–Crippen LogP) is 4.20. The summed E-state index contributed by atoms with van der Waals surface area (Å²) in [4.78, 5) is 4.42. The maximum Gasteiger partial charge on any atom is 0.416 e. The van der Waals surface area contributed by atoms with Crippen LogP contribution < -0.4 is 0 Å². The molecule has 0 aliphatic heterocycles. The highest BCUT2D eigenvalue weighted by molar-refractivity contribution is 5.95. The molecule has 0 aliphatic rings. The summed E-state index contributed by atoms with van der Waals surface area (Å²) in [5, 5.41) is 7.14. The number of halogens is 3. The molecule has 7 heteroatoms. The molecule has 0 amide bonds. The van der Waals surface area contributed by atoms with Crippen LogP contribution in [0.3, 0.4) is 0 Å². The molecule has 3 heterocycles. The number of aryl methyl sites for hydroxylation is 1. The van der Waals surface area contributed by atoms with Crippen LogP contribution in [0, 0.1) is 6.92 Å². The smallest absolute Gasteiger partial charge is 0.299 e. The normalized spacial score (nSPS) is 12.3. The van der Waals surface area contributed by atoms with Crippen LogP contribution in [-0.2, 0) is 6.18 Å². The zero-order chi connectivity index (χ0) is 16.2. The van der Waals surface area contributed by atoms with Gasteiger partial charge >= 0.3 is 6.18 Å². The first-order valence-electron chi connectivity index (χ1n) is 6.93. The molecule has 0 unspecified atom stereocenters. The Hall–Kier alpha value is -2.83. The number of hydrogen-bond acceptors (Lipinski definition) is 2. The lowest BCUT2D eigenvalue weighted by Crippen LogP contribution is -2.05. The van der Waals surface area contributed by atoms with Crippen molar-refractivity contribution in [3.05, 3.63) is 54.0 Å². The van der Waals surface area contributed by atoms with Crippen molar-refractivity contribution in [2.24, 2.45) is 0 Å². The van der Waals surface area contributed by atoms with E-state index in [-0.39, 0.29) is 0 Å². The summed E-state index contributed by atoms with van der Waals surface area (Å²) in [7, 11) is 0. The van der Waals surface area contributed by atoms with Crippen LogP contribution in [0.4, 0.5) is 13.2 Å². The largest absolute Gasteiger partial charge is 0.416 e. The van der Waals surface area contributed by atoms with Gasteiger partial charge in [0.15, 0.2) is 0 Å². The molecule has 1 aromatic carbocycles. The van der Waals surface area contributed by atoms with Gasteiger partial charge in [-0.15, -0.1) is 0 Å². The van der Waals surface area contributed by atoms with Crippen LogP contribution in [0.2, 0.25) is 0 Å². The Morgan fingerprint density at radius 2 is 2.00 bits per heavy atom. The number of aromatic amines is 1. The minimum atomic E-state index is -4.43. The number of pyridine rings is 1. The van der Waals surface area contributed by atoms with Crippen LogP contribution in [0.25, 0.3) is 27.8 Å². The van der Waals surface area contributed by atoms with Crippen molar-refractivity contribution >= 4 is 16.6 Å². The Labute approximate surface area is 128 Å². The van der Waals surface area contributed by atoms with Gasteiger partial charge in [-0.25, -0.2) is 4.98 Å². The van der Waals surface area contributed by atoms with Gasteiger partial charge < -0.3 is 0 Å². The molecule has 0 saturated carbocycles. The van der Waals surface area contributed by atoms with Gasteiger partial charge in [0.2, 0.25) is 0 Å². The summed E-state index contributed by atoms with van der Waals surface area (Å²) in [6.45, 7) is 1.79. The second kappa shape index (κ2) is 4.58. The van der Waals surface area contributed by atoms with E-state index in [4.69, 9.17) is 0 Å². The van der Waals surface area contributed by atoms with Crippen LogP contribution in [-0.4, -0.2) is 19.6 Å².